The van der Waals surface area contributed by atoms with Crippen LogP contribution in [-0.4, -0.2) is 36.8 Å². The van der Waals surface area contributed by atoms with Gasteiger partial charge >= 0.3 is 0 Å². The molecule has 4 nitrogen and oxygen atoms in total. The molecule has 26 heavy (non-hydrogen) atoms. The summed E-state index contributed by atoms with van der Waals surface area (Å²) in [6.45, 7) is 6.86. The van der Waals surface area contributed by atoms with Crippen molar-refractivity contribution in [3.05, 3.63) is 57.8 Å². The molecule has 2 heterocycles. The molecule has 140 valence electrons. The van der Waals surface area contributed by atoms with Gasteiger partial charge in [0, 0.05) is 16.5 Å². The standard InChI is InChI=1S/C20H25NO3S2/c1-20(2,3)16-8-6-15(7-9-16)19(22)21(13-18-5-4-11-25-18)17-10-12-26(23,24)14-17/h4-9,11,17H,10,12-14H2,1-3H3. The highest BCUT2D eigenvalue weighted by Gasteiger charge is 2.35. The van der Waals surface area contributed by atoms with Crippen molar-refractivity contribution < 1.29 is 13.2 Å². The first-order valence-corrected chi connectivity index (χ1v) is 11.5. The lowest BCUT2D eigenvalue weighted by Crippen LogP contribution is -2.40. The van der Waals surface area contributed by atoms with Gasteiger partial charge in [-0.15, -0.1) is 11.3 Å². The number of hydrogen-bond acceptors (Lipinski definition) is 4. The van der Waals surface area contributed by atoms with Crippen molar-refractivity contribution in [2.75, 3.05) is 11.5 Å². The van der Waals surface area contributed by atoms with Crippen LogP contribution in [0.5, 0.6) is 0 Å². The highest BCUT2D eigenvalue weighted by atomic mass is 32.2. The molecule has 0 bridgehead atoms. The Morgan fingerprint density at radius 1 is 1.19 bits per heavy atom. The Morgan fingerprint density at radius 3 is 2.38 bits per heavy atom. The van der Waals surface area contributed by atoms with Crippen LogP contribution in [0.2, 0.25) is 0 Å². The van der Waals surface area contributed by atoms with E-state index < -0.39 is 9.84 Å². The van der Waals surface area contributed by atoms with Crippen LogP contribution in [0.25, 0.3) is 0 Å². The molecule has 1 aliphatic heterocycles. The average Bonchev–Trinajstić information content (AvgIpc) is 3.20. The summed E-state index contributed by atoms with van der Waals surface area (Å²) in [7, 11) is -3.05. The average molecular weight is 392 g/mol. The first kappa shape index (κ1) is 19.1. The molecule has 1 unspecified atom stereocenters. The van der Waals surface area contributed by atoms with Crippen LogP contribution in [0.4, 0.5) is 0 Å². The molecule has 1 amide bonds. The first-order valence-electron chi connectivity index (χ1n) is 8.80. The van der Waals surface area contributed by atoms with E-state index in [0.29, 0.717) is 18.5 Å². The van der Waals surface area contributed by atoms with Crippen molar-refractivity contribution >= 4 is 27.1 Å². The molecule has 1 saturated heterocycles. The smallest absolute Gasteiger partial charge is 0.254 e. The molecule has 0 N–H and O–H groups in total. The van der Waals surface area contributed by atoms with Gasteiger partial charge in [0.15, 0.2) is 9.84 Å². The van der Waals surface area contributed by atoms with E-state index in [1.165, 1.54) is 5.56 Å². The first-order chi connectivity index (χ1) is 12.2. The molecule has 2 aromatic rings. The molecular formula is C20H25NO3S2. The van der Waals surface area contributed by atoms with E-state index in [1.54, 1.807) is 16.2 Å². The SMILES string of the molecule is CC(C)(C)c1ccc(C(=O)N(Cc2cccs2)C2CCS(=O)(=O)C2)cc1. The Bertz CT molecular complexity index is 863. The molecule has 0 aliphatic carbocycles. The normalized spacial score (nSPS) is 19.4. The fourth-order valence-corrected chi connectivity index (χ4v) is 5.67. The van der Waals surface area contributed by atoms with Gasteiger partial charge in [0.2, 0.25) is 0 Å². The summed E-state index contributed by atoms with van der Waals surface area (Å²) >= 11 is 1.59. The highest BCUT2D eigenvalue weighted by molar-refractivity contribution is 7.91. The number of amides is 1. The number of carbonyl (C=O) groups excluding carboxylic acids is 1. The number of benzene rings is 1. The molecule has 0 radical (unpaired) electrons. The molecule has 1 fully saturated rings. The fourth-order valence-electron chi connectivity index (χ4n) is 3.24. The second kappa shape index (κ2) is 7.16. The molecule has 1 aliphatic rings. The van der Waals surface area contributed by atoms with Gasteiger partial charge in [0.25, 0.3) is 5.91 Å². The zero-order chi connectivity index (χ0) is 18.9. The van der Waals surface area contributed by atoms with E-state index in [9.17, 15) is 13.2 Å². The maximum Gasteiger partial charge on any atom is 0.254 e. The van der Waals surface area contributed by atoms with E-state index in [-0.39, 0.29) is 28.9 Å². The highest BCUT2D eigenvalue weighted by Crippen LogP contribution is 2.26. The van der Waals surface area contributed by atoms with E-state index in [1.807, 2.05) is 41.8 Å². The lowest BCUT2D eigenvalue weighted by Gasteiger charge is -2.28. The number of sulfone groups is 1. The maximum absolute atomic E-state index is 13.2. The number of carbonyl (C=O) groups is 1. The third kappa shape index (κ3) is 4.35. The molecule has 0 spiro atoms. The summed E-state index contributed by atoms with van der Waals surface area (Å²) in [4.78, 5) is 16.0. The summed E-state index contributed by atoms with van der Waals surface area (Å²) in [6.07, 6.45) is 0.513. The fraction of sp³-hybridized carbons (Fsp3) is 0.450. The van der Waals surface area contributed by atoms with Crippen LogP contribution in [0.1, 0.15) is 48.0 Å². The molecule has 1 aromatic carbocycles. The molecular weight excluding hydrogens is 366 g/mol. The van der Waals surface area contributed by atoms with Crippen LogP contribution in [0, 0.1) is 0 Å². The second-order valence-corrected chi connectivity index (χ2v) is 11.2. The minimum atomic E-state index is -3.05. The predicted molar refractivity (Wildman–Crippen MR) is 106 cm³/mol. The van der Waals surface area contributed by atoms with E-state index in [4.69, 9.17) is 0 Å². The Labute approximate surface area is 159 Å². The van der Waals surface area contributed by atoms with Gasteiger partial charge in [-0.2, -0.15) is 0 Å². The van der Waals surface area contributed by atoms with Gasteiger partial charge in [0.05, 0.1) is 18.1 Å². The number of hydrogen-bond donors (Lipinski definition) is 0. The summed E-state index contributed by atoms with van der Waals surface area (Å²) in [5, 5.41) is 1.97. The van der Waals surface area contributed by atoms with Crippen LogP contribution >= 0.6 is 11.3 Å². The van der Waals surface area contributed by atoms with Crippen molar-refractivity contribution in [1.82, 2.24) is 4.90 Å². The van der Waals surface area contributed by atoms with E-state index in [0.717, 1.165) is 4.88 Å². The third-order valence-electron chi connectivity index (χ3n) is 4.81. The van der Waals surface area contributed by atoms with Crippen LogP contribution in [0.15, 0.2) is 41.8 Å². The minimum Gasteiger partial charge on any atom is -0.329 e. The number of thiophene rings is 1. The quantitative estimate of drug-likeness (QED) is 0.795. The predicted octanol–water partition coefficient (Wildman–Crippen LogP) is 3.88. The number of nitrogens with zero attached hydrogens (tertiary/aromatic N) is 1. The zero-order valence-electron chi connectivity index (χ0n) is 15.4. The minimum absolute atomic E-state index is 0.0256. The molecule has 1 atom stereocenters. The van der Waals surface area contributed by atoms with E-state index in [2.05, 4.69) is 20.8 Å². The van der Waals surface area contributed by atoms with Gasteiger partial charge in [-0.25, -0.2) is 8.42 Å². The zero-order valence-corrected chi connectivity index (χ0v) is 17.1. The van der Waals surface area contributed by atoms with E-state index >= 15 is 0 Å². The van der Waals surface area contributed by atoms with Crippen molar-refractivity contribution in [2.24, 2.45) is 0 Å². The van der Waals surface area contributed by atoms with Crippen LogP contribution in [-0.2, 0) is 21.8 Å². The summed E-state index contributed by atoms with van der Waals surface area (Å²) in [5.41, 5.74) is 1.80. The van der Waals surface area contributed by atoms with Crippen molar-refractivity contribution in [3.8, 4) is 0 Å². The molecule has 1 aromatic heterocycles. The van der Waals surface area contributed by atoms with Gasteiger partial charge < -0.3 is 4.90 Å². The largest absolute Gasteiger partial charge is 0.329 e. The van der Waals surface area contributed by atoms with Gasteiger partial charge in [0.1, 0.15) is 0 Å². The molecule has 0 saturated carbocycles. The van der Waals surface area contributed by atoms with Gasteiger partial charge in [-0.05, 0) is 41.0 Å². The Hall–Kier alpha value is -1.66. The van der Waals surface area contributed by atoms with Crippen molar-refractivity contribution in [2.45, 2.75) is 45.2 Å². The topological polar surface area (TPSA) is 54.5 Å². The monoisotopic (exact) mass is 391 g/mol. The van der Waals surface area contributed by atoms with Crippen molar-refractivity contribution in [1.29, 1.82) is 0 Å². The summed E-state index contributed by atoms with van der Waals surface area (Å²) in [6, 6.07) is 11.4. The summed E-state index contributed by atoms with van der Waals surface area (Å²) < 4.78 is 23.9. The number of rotatable bonds is 4. The lowest BCUT2D eigenvalue weighted by atomic mass is 9.86. The van der Waals surface area contributed by atoms with Crippen LogP contribution < -0.4 is 0 Å². The second-order valence-electron chi connectivity index (χ2n) is 7.90. The molecule has 3 rings (SSSR count). The maximum atomic E-state index is 13.2. The van der Waals surface area contributed by atoms with Gasteiger partial charge in [-0.1, -0.05) is 39.0 Å². The third-order valence-corrected chi connectivity index (χ3v) is 7.43. The lowest BCUT2D eigenvalue weighted by molar-refractivity contribution is 0.0683. The molecule has 6 heteroatoms. The van der Waals surface area contributed by atoms with Crippen LogP contribution in [0.3, 0.4) is 0 Å². The Morgan fingerprint density at radius 2 is 1.88 bits per heavy atom. The van der Waals surface area contributed by atoms with Gasteiger partial charge in [-0.3, -0.25) is 4.79 Å². The Balaban J connectivity index is 1.87. The Kier molecular flexibility index (Phi) is 5.26. The summed E-state index contributed by atoms with van der Waals surface area (Å²) in [5.74, 6) is 0.125. The van der Waals surface area contributed by atoms with Crippen molar-refractivity contribution in [3.63, 3.8) is 0 Å².